The maximum Gasteiger partial charge on any atom is 0.329 e. The largest absolute Gasteiger partial charge is 0.480 e. The van der Waals surface area contributed by atoms with Crippen LogP contribution in [0.4, 0.5) is 0 Å². The summed E-state index contributed by atoms with van der Waals surface area (Å²) in [6.07, 6.45) is 2.66. The highest BCUT2D eigenvalue weighted by Crippen LogP contribution is 2.32. The molecular weight excluding hydrogens is 256 g/mol. The number of amides is 1. The highest BCUT2D eigenvalue weighted by atomic mass is 16.4. The number of carbonyl (C=O) groups is 2. The Kier molecular flexibility index (Phi) is 3.88. The first-order chi connectivity index (χ1) is 9.35. The van der Waals surface area contributed by atoms with Gasteiger partial charge in [0.05, 0.1) is 0 Å². The summed E-state index contributed by atoms with van der Waals surface area (Å²) < 4.78 is 1.77. The normalized spacial score (nSPS) is 26.2. The molecule has 1 aromatic rings. The SMILES string of the molecule is Cc1ccc(C(=O)NC2(C(=O)O)CCC(C)CC2)n1C. The van der Waals surface area contributed by atoms with Gasteiger partial charge in [-0.3, -0.25) is 4.79 Å². The van der Waals surface area contributed by atoms with Crippen molar-refractivity contribution in [2.75, 3.05) is 0 Å². The van der Waals surface area contributed by atoms with Crippen molar-refractivity contribution in [3.63, 3.8) is 0 Å². The number of nitrogens with zero attached hydrogens (tertiary/aromatic N) is 1. The van der Waals surface area contributed by atoms with Gasteiger partial charge < -0.3 is 15.0 Å². The van der Waals surface area contributed by atoms with Crippen molar-refractivity contribution in [2.24, 2.45) is 13.0 Å². The third-order valence-electron chi connectivity index (χ3n) is 4.50. The lowest BCUT2D eigenvalue weighted by molar-refractivity contribution is -0.146. The molecule has 5 heteroatoms. The Morgan fingerprint density at radius 1 is 1.35 bits per heavy atom. The lowest BCUT2D eigenvalue weighted by Gasteiger charge is -2.36. The summed E-state index contributed by atoms with van der Waals surface area (Å²) in [6.45, 7) is 4.03. The second-order valence-corrected chi connectivity index (χ2v) is 5.94. The van der Waals surface area contributed by atoms with Gasteiger partial charge >= 0.3 is 5.97 Å². The molecule has 0 saturated heterocycles. The minimum Gasteiger partial charge on any atom is -0.480 e. The summed E-state index contributed by atoms with van der Waals surface area (Å²) >= 11 is 0. The van der Waals surface area contributed by atoms with E-state index in [1.165, 1.54) is 0 Å². The number of aromatic nitrogens is 1. The van der Waals surface area contributed by atoms with Crippen LogP contribution in [0.3, 0.4) is 0 Å². The van der Waals surface area contributed by atoms with E-state index < -0.39 is 11.5 Å². The number of carbonyl (C=O) groups excluding carboxylic acids is 1. The molecule has 0 aliphatic heterocycles. The number of rotatable bonds is 3. The van der Waals surface area contributed by atoms with Gasteiger partial charge in [-0.1, -0.05) is 6.92 Å². The fraction of sp³-hybridized carbons (Fsp3) is 0.600. The molecule has 1 fully saturated rings. The van der Waals surface area contributed by atoms with Crippen molar-refractivity contribution in [1.29, 1.82) is 0 Å². The van der Waals surface area contributed by atoms with Crippen LogP contribution in [0.5, 0.6) is 0 Å². The zero-order valence-electron chi connectivity index (χ0n) is 12.3. The summed E-state index contributed by atoms with van der Waals surface area (Å²) in [4.78, 5) is 24.0. The standard InChI is InChI=1S/C15H22N2O3/c1-10-6-8-15(9-7-10,14(19)20)16-13(18)12-5-4-11(2)17(12)3/h4-5,10H,6-9H2,1-3H3,(H,16,18)(H,19,20). The van der Waals surface area contributed by atoms with E-state index in [-0.39, 0.29) is 5.91 Å². The highest BCUT2D eigenvalue weighted by Gasteiger charge is 2.42. The second-order valence-electron chi connectivity index (χ2n) is 5.94. The molecule has 5 nitrogen and oxygen atoms in total. The topological polar surface area (TPSA) is 71.3 Å². The fourth-order valence-corrected chi connectivity index (χ4v) is 2.77. The summed E-state index contributed by atoms with van der Waals surface area (Å²) in [5.74, 6) is -0.710. The molecule has 1 heterocycles. The predicted octanol–water partition coefficient (Wildman–Crippen LogP) is 2.10. The number of carboxylic acids is 1. The molecule has 0 radical (unpaired) electrons. The summed E-state index contributed by atoms with van der Waals surface area (Å²) in [5, 5.41) is 12.3. The first-order valence-corrected chi connectivity index (χ1v) is 7.04. The number of carboxylic acid groups (broad SMARTS) is 1. The van der Waals surface area contributed by atoms with Gasteiger partial charge in [0, 0.05) is 12.7 Å². The van der Waals surface area contributed by atoms with E-state index in [4.69, 9.17) is 0 Å². The van der Waals surface area contributed by atoms with Crippen LogP contribution in [-0.2, 0) is 11.8 Å². The number of aliphatic carboxylic acids is 1. The molecule has 0 aromatic carbocycles. The van der Waals surface area contributed by atoms with Crippen LogP contribution in [0.1, 0.15) is 48.8 Å². The van der Waals surface area contributed by atoms with Crippen molar-refractivity contribution in [3.05, 3.63) is 23.5 Å². The number of hydrogen-bond acceptors (Lipinski definition) is 2. The molecule has 0 unspecified atom stereocenters. The Balaban J connectivity index is 2.19. The van der Waals surface area contributed by atoms with Gasteiger partial charge in [0.2, 0.25) is 0 Å². The molecule has 0 bridgehead atoms. The van der Waals surface area contributed by atoms with E-state index in [9.17, 15) is 14.7 Å². The first kappa shape index (κ1) is 14.6. The molecular formula is C15H22N2O3. The lowest BCUT2D eigenvalue weighted by Crippen LogP contribution is -2.56. The second kappa shape index (κ2) is 5.31. The molecule has 1 saturated carbocycles. The van der Waals surface area contributed by atoms with E-state index in [2.05, 4.69) is 12.2 Å². The van der Waals surface area contributed by atoms with E-state index in [0.29, 0.717) is 24.5 Å². The van der Waals surface area contributed by atoms with Gasteiger partial charge in [-0.2, -0.15) is 0 Å². The number of aryl methyl sites for hydroxylation is 1. The van der Waals surface area contributed by atoms with Crippen LogP contribution < -0.4 is 5.32 Å². The zero-order valence-corrected chi connectivity index (χ0v) is 12.3. The third-order valence-corrected chi connectivity index (χ3v) is 4.50. The molecule has 20 heavy (non-hydrogen) atoms. The molecule has 2 N–H and O–H groups in total. The van der Waals surface area contributed by atoms with Crippen LogP contribution in [0, 0.1) is 12.8 Å². The van der Waals surface area contributed by atoms with E-state index in [0.717, 1.165) is 18.5 Å². The van der Waals surface area contributed by atoms with Gasteiger partial charge in [-0.05, 0) is 50.7 Å². The smallest absolute Gasteiger partial charge is 0.329 e. The van der Waals surface area contributed by atoms with Crippen molar-refractivity contribution in [2.45, 2.75) is 45.1 Å². The van der Waals surface area contributed by atoms with Gasteiger partial charge in [0.15, 0.2) is 0 Å². The summed E-state index contributed by atoms with van der Waals surface area (Å²) in [7, 11) is 1.81. The Hall–Kier alpha value is -1.78. The highest BCUT2D eigenvalue weighted by molar-refractivity contribution is 5.96. The van der Waals surface area contributed by atoms with Crippen molar-refractivity contribution < 1.29 is 14.7 Å². The Bertz CT molecular complexity index is 525. The summed E-state index contributed by atoms with van der Waals surface area (Å²) in [6, 6.07) is 3.58. The van der Waals surface area contributed by atoms with E-state index in [1.807, 2.05) is 13.0 Å². The van der Waals surface area contributed by atoms with Crippen LogP contribution in [0.2, 0.25) is 0 Å². The van der Waals surface area contributed by atoms with Crippen molar-refractivity contribution >= 4 is 11.9 Å². The molecule has 1 aromatic heterocycles. The van der Waals surface area contributed by atoms with Gasteiger partial charge in [-0.15, -0.1) is 0 Å². The minimum absolute atomic E-state index is 0.308. The predicted molar refractivity (Wildman–Crippen MR) is 75.6 cm³/mol. The molecule has 1 aliphatic rings. The molecule has 1 amide bonds. The maximum absolute atomic E-state index is 12.3. The van der Waals surface area contributed by atoms with Gasteiger partial charge in [-0.25, -0.2) is 4.79 Å². The van der Waals surface area contributed by atoms with Crippen molar-refractivity contribution in [1.82, 2.24) is 9.88 Å². The Morgan fingerprint density at radius 2 is 1.95 bits per heavy atom. The van der Waals surface area contributed by atoms with Gasteiger partial charge in [0.1, 0.15) is 11.2 Å². The van der Waals surface area contributed by atoms with Crippen LogP contribution in [-0.4, -0.2) is 27.1 Å². The van der Waals surface area contributed by atoms with E-state index in [1.54, 1.807) is 17.7 Å². The zero-order chi connectivity index (χ0) is 14.9. The average Bonchev–Trinajstić information content (AvgIpc) is 2.73. The Morgan fingerprint density at radius 3 is 2.40 bits per heavy atom. The monoisotopic (exact) mass is 278 g/mol. The molecule has 2 rings (SSSR count). The Labute approximate surface area is 119 Å². The fourth-order valence-electron chi connectivity index (χ4n) is 2.77. The quantitative estimate of drug-likeness (QED) is 0.889. The third kappa shape index (κ3) is 2.57. The lowest BCUT2D eigenvalue weighted by atomic mass is 9.77. The van der Waals surface area contributed by atoms with Crippen LogP contribution >= 0.6 is 0 Å². The van der Waals surface area contributed by atoms with E-state index >= 15 is 0 Å². The van der Waals surface area contributed by atoms with Crippen molar-refractivity contribution in [3.8, 4) is 0 Å². The average molecular weight is 278 g/mol. The number of hydrogen-bond donors (Lipinski definition) is 2. The first-order valence-electron chi connectivity index (χ1n) is 7.04. The van der Waals surface area contributed by atoms with Crippen LogP contribution in [0.25, 0.3) is 0 Å². The number of nitrogens with one attached hydrogen (secondary N) is 1. The summed E-state index contributed by atoms with van der Waals surface area (Å²) in [5.41, 5.74) is 0.362. The molecule has 1 aliphatic carbocycles. The molecule has 110 valence electrons. The maximum atomic E-state index is 12.3. The minimum atomic E-state index is -1.11. The molecule has 0 atom stereocenters. The molecule has 0 spiro atoms. The van der Waals surface area contributed by atoms with Crippen LogP contribution in [0.15, 0.2) is 12.1 Å². The van der Waals surface area contributed by atoms with Gasteiger partial charge in [0.25, 0.3) is 5.91 Å².